The Morgan fingerprint density at radius 1 is 1.32 bits per heavy atom. The summed E-state index contributed by atoms with van der Waals surface area (Å²) in [6.07, 6.45) is 7.84. The standard InChI is InChI=1S/C15H26O4/c1-3-5-10-18-14(13-6-7-13)19-12-15(4-2,11-17)8-9-16/h5,10,16-17H,3-4,6-9,11-12H2,1-2H3/b10-5+. The van der Waals surface area contributed by atoms with Crippen LogP contribution in [0.5, 0.6) is 0 Å². The van der Waals surface area contributed by atoms with Gasteiger partial charge in [-0.15, -0.1) is 0 Å². The van der Waals surface area contributed by atoms with Gasteiger partial charge in [0.2, 0.25) is 0 Å². The first-order valence-corrected chi connectivity index (χ1v) is 7.09. The van der Waals surface area contributed by atoms with E-state index in [4.69, 9.17) is 14.6 Å². The lowest BCUT2D eigenvalue weighted by Gasteiger charge is -2.29. The average molecular weight is 270 g/mol. The minimum Gasteiger partial charge on any atom is -0.465 e. The van der Waals surface area contributed by atoms with Crippen LogP contribution in [0.3, 0.4) is 0 Å². The molecule has 0 aromatic carbocycles. The minimum absolute atomic E-state index is 0.0114. The molecule has 19 heavy (non-hydrogen) atoms. The van der Waals surface area contributed by atoms with Gasteiger partial charge >= 0.3 is 0 Å². The summed E-state index contributed by atoms with van der Waals surface area (Å²) in [5.41, 5.74) is 0.806. The third-order valence-electron chi connectivity index (χ3n) is 3.53. The van der Waals surface area contributed by atoms with Gasteiger partial charge in [0.05, 0.1) is 19.5 Å². The topological polar surface area (TPSA) is 58.9 Å². The summed E-state index contributed by atoms with van der Waals surface area (Å²) in [6.45, 7) is 4.48. The lowest BCUT2D eigenvalue weighted by atomic mass is 9.84. The maximum absolute atomic E-state index is 9.53. The Hall–Kier alpha value is -1.00. The van der Waals surface area contributed by atoms with E-state index in [9.17, 15) is 5.11 Å². The molecule has 1 unspecified atom stereocenters. The fraction of sp³-hybridized carbons (Fsp3) is 0.733. The van der Waals surface area contributed by atoms with Crippen LogP contribution >= 0.6 is 0 Å². The molecule has 0 aromatic heterocycles. The van der Waals surface area contributed by atoms with Crippen LogP contribution in [0.2, 0.25) is 0 Å². The second-order valence-electron chi connectivity index (χ2n) is 5.06. The van der Waals surface area contributed by atoms with Gasteiger partial charge in [0.15, 0.2) is 0 Å². The van der Waals surface area contributed by atoms with Crippen molar-refractivity contribution in [3.63, 3.8) is 0 Å². The largest absolute Gasteiger partial charge is 0.465 e. The van der Waals surface area contributed by atoms with Crippen LogP contribution in [0.1, 0.15) is 46.0 Å². The molecule has 110 valence electrons. The van der Waals surface area contributed by atoms with Crippen LogP contribution in [0.15, 0.2) is 23.9 Å². The Morgan fingerprint density at radius 3 is 2.53 bits per heavy atom. The maximum Gasteiger partial charge on any atom is 0.283 e. The van der Waals surface area contributed by atoms with Crippen molar-refractivity contribution >= 4 is 0 Å². The SMILES string of the molecule is CC/C=C/OC(OCC(CC)(CO)CCO)=C1CC1. The van der Waals surface area contributed by atoms with Crippen molar-refractivity contribution in [3.8, 4) is 0 Å². The summed E-state index contributed by atoms with van der Waals surface area (Å²) in [5.74, 6) is 0.578. The number of aliphatic hydroxyl groups excluding tert-OH is 2. The second-order valence-corrected chi connectivity index (χ2v) is 5.06. The highest BCUT2D eigenvalue weighted by atomic mass is 16.7. The minimum atomic E-state index is -0.382. The van der Waals surface area contributed by atoms with Crippen molar-refractivity contribution in [1.82, 2.24) is 0 Å². The smallest absolute Gasteiger partial charge is 0.283 e. The molecule has 1 rings (SSSR count). The highest BCUT2D eigenvalue weighted by Crippen LogP contribution is 2.34. The number of rotatable bonds is 10. The summed E-state index contributed by atoms with van der Waals surface area (Å²) >= 11 is 0. The van der Waals surface area contributed by atoms with E-state index in [1.54, 1.807) is 6.26 Å². The zero-order valence-corrected chi connectivity index (χ0v) is 12.0. The predicted molar refractivity (Wildman–Crippen MR) is 74.2 cm³/mol. The average Bonchev–Trinajstić information content (AvgIpc) is 3.26. The van der Waals surface area contributed by atoms with Crippen molar-refractivity contribution in [2.24, 2.45) is 5.41 Å². The maximum atomic E-state index is 9.53. The molecule has 2 N–H and O–H groups in total. The molecule has 1 aliphatic carbocycles. The molecule has 0 aliphatic heterocycles. The fourth-order valence-corrected chi connectivity index (χ4v) is 1.74. The van der Waals surface area contributed by atoms with E-state index in [2.05, 4.69) is 0 Å². The number of hydrogen-bond donors (Lipinski definition) is 2. The van der Waals surface area contributed by atoms with E-state index >= 15 is 0 Å². The summed E-state index contributed by atoms with van der Waals surface area (Å²) in [7, 11) is 0. The predicted octanol–water partition coefficient (Wildman–Crippen LogP) is 2.72. The number of allylic oxidation sites excluding steroid dienone is 2. The molecule has 4 heteroatoms. The number of ether oxygens (including phenoxy) is 2. The van der Waals surface area contributed by atoms with E-state index in [1.807, 2.05) is 19.9 Å². The van der Waals surface area contributed by atoms with Crippen LogP contribution in [-0.4, -0.2) is 30.0 Å². The van der Waals surface area contributed by atoms with Gasteiger partial charge in [-0.3, -0.25) is 0 Å². The van der Waals surface area contributed by atoms with Crippen LogP contribution in [0.4, 0.5) is 0 Å². The van der Waals surface area contributed by atoms with Crippen LogP contribution < -0.4 is 0 Å². The van der Waals surface area contributed by atoms with Gasteiger partial charge < -0.3 is 19.7 Å². The van der Waals surface area contributed by atoms with Gasteiger partial charge in [0.1, 0.15) is 0 Å². The molecule has 1 fully saturated rings. The lowest BCUT2D eigenvalue weighted by Crippen LogP contribution is -2.31. The Bertz CT molecular complexity index is 310. The first kappa shape index (κ1) is 16.1. The Kier molecular flexibility index (Phi) is 6.95. The third kappa shape index (κ3) is 5.25. The molecule has 0 radical (unpaired) electrons. The Morgan fingerprint density at radius 2 is 2.05 bits per heavy atom. The molecule has 0 bridgehead atoms. The Labute approximate surface area is 115 Å². The molecule has 0 heterocycles. The van der Waals surface area contributed by atoms with Gasteiger partial charge in [-0.1, -0.05) is 13.8 Å². The highest BCUT2D eigenvalue weighted by molar-refractivity contribution is 5.18. The second kappa shape index (κ2) is 8.23. The normalized spacial score (nSPS) is 17.4. The summed E-state index contributed by atoms with van der Waals surface area (Å²) in [6, 6.07) is 0. The van der Waals surface area contributed by atoms with Crippen LogP contribution in [0.25, 0.3) is 0 Å². The molecule has 0 saturated heterocycles. The van der Waals surface area contributed by atoms with Crippen molar-refractivity contribution in [3.05, 3.63) is 23.9 Å². The van der Waals surface area contributed by atoms with Crippen molar-refractivity contribution in [2.45, 2.75) is 46.0 Å². The van der Waals surface area contributed by atoms with Crippen molar-refractivity contribution in [2.75, 3.05) is 19.8 Å². The number of hydrogen-bond acceptors (Lipinski definition) is 4. The molecule has 0 aromatic rings. The van der Waals surface area contributed by atoms with E-state index < -0.39 is 0 Å². The van der Waals surface area contributed by atoms with Crippen LogP contribution in [-0.2, 0) is 9.47 Å². The van der Waals surface area contributed by atoms with Gasteiger partial charge in [-0.05, 0) is 38.2 Å². The molecule has 0 spiro atoms. The molecule has 1 aliphatic rings. The summed E-state index contributed by atoms with van der Waals surface area (Å²) < 4.78 is 11.2. The van der Waals surface area contributed by atoms with E-state index in [0.717, 1.165) is 25.7 Å². The third-order valence-corrected chi connectivity index (χ3v) is 3.53. The van der Waals surface area contributed by atoms with Gasteiger partial charge in [-0.2, -0.15) is 0 Å². The zero-order valence-electron chi connectivity index (χ0n) is 12.0. The monoisotopic (exact) mass is 270 g/mol. The van der Waals surface area contributed by atoms with Gasteiger partial charge in [-0.25, -0.2) is 0 Å². The van der Waals surface area contributed by atoms with Crippen molar-refractivity contribution < 1.29 is 19.7 Å². The van der Waals surface area contributed by atoms with E-state index in [1.165, 1.54) is 5.57 Å². The quantitative estimate of drug-likeness (QED) is 0.599. The highest BCUT2D eigenvalue weighted by Gasteiger charge is 2.30. The molecular weight excluding hydrogens is 244 g/mol. The first-order chi connectivity index (χ1) is 9.21. The number of aliphatic hydroxyl groups is 2. The first-order valence-electron chi connectivity index (χ1n) is 7.09. The van der Waals surface area contributed by atoms with Gasteiger partial charge in [0.25, 0.3) is 5.95 Å². The molecule has 0 amide bonds. The van der Waals surface area contributed by atoms with E-state index in [0.29, 0.717) is 19.0 Å². The van der Waals surface area contributed by atoms with Crippen LogP contribution in [0, 0.1) is 5.41 Å². The summed E-state index contributed by atoms with van der Waals surface area (Å²) in [5, 5.41) is 18.6. The van der Waals surface area contributed by atoms with Crippen molar-refractivity contribution in [1.29, 1.82) is 0 Å². The van der Waals surface area contributed by atoms with Gasteiger partial charge in [0, 0.05) is 17.6 Å². The fourth-order valence-electron chi connectivity index (χ4n) is 1.74. The Balaban J connectivity index is 2.55. The molecule has 1 atom stereocenters. The zero-order chi connectivity index (χ0) is 14.1. The molecule has 1 saturated carbocycles. The molecular formula is C15H26O4. The van der Waals surface area contributed by atoms with E-state index in [-0.39, 0.29) is 18.6 Å². The molecule has 4 nitrogen and oxygen atoms in total. The lowest BCUT2D eigenvalue weighted by molar-refractivity contribution is -0.0206. The summed E-state index contributed by atoms with van der Waals surface area (Å²) in [4.78, 5) is 0.